The van der Waals surface area contributed by atoms with Crippen LogP contribution < -0.4 is 10.2 Å². The first kappa shape index (κ1) is 22.8. The molecule has 0 saturated carbocycles. The number of hydrogen-bond acceptors (Lipinski definition) is 2. The van der Waals surface area contributed by atoms with Crippen molar-refractivity contribution >= 4 is 38.9 Å². The predicted molar refractivity (Wildman–Crippen MR) is 147 cm³/mol. The van der Waals surface area contributed by atoms with Crippen LogP contribution in [0.5, 0.6) is 0 Å². The van der Waals surface area contributed by atoms with Crippen LogP contribution in [0.3, 0.4) is 0 Å². The fourth-order valence-electron chi connectivity index (χ4n) is 4.92. The number of benzene rings is 2. The number of nitrogens with zero attached hydrogens (tertiary/aromatic N) is 3. The third kappa shape index (κ3) is 4.05. The highest BCUT2D eigenvalue weighted by molar-refractivity contribution is 9.10. The molecule has 0 unspecified atom stereocenters. The molecule has 5 rings (SSSR count). The lowest BCUT2D eigenvalue weighted by Crippen LogP contribution is -2.29. The number of hydrogen-bond donors (Lipinski definition) is 1. The highest BCUT2D eigenvalue weighted by atomic mass is 79.9. The van der Waals surface area contributed by atoms with E-state index in [2.05, 4.69) is 112 Å². The molecule has 1 aliphatic heterocycles. The number of aryl methyl sites for hydroxylation is 2. The minimum atomic E-state index is -0.0570. The van der Waals surface area contributed by atoms with Crippen molar-refractivity contribution in [3.8, 4) is 5.69 Å². The van der Waals surface area contributed by atoms with Gasteiger partial charge in [0.05, 0.1) is 17.8 Å². The third-order valence-corrected chi connectivity index (χ3v) is 7.44. The zero-order chi connectivity index (χ0) is 23.8. The van der Waals surface area contributed by atoms with Crippen LogP contribution in [-0.2, 0) is 6.42 Å². The van der Waals surface area contributed by atoms with Crippen molar-refractivity contribution < 1.29 is 0 Å². The van der Waals surface area contributed by atoms with Crippen LogP contribution in [0.15, 0.2) is 83.5 Å². The monoisotopic (exact) mass is 530 g/mol. The quantitative estimate of drug-likeness (QED) is 0.282. The van der Waals surface area contributed by atoms with Gasteiger partial charge in [0.25, 0.3) is 0 Å². The molecule has 0 radical (unpaired) electrons. The van der Waals surface area contributed by atoms with Crippen LogP contribution >= 0.6 is 28.1 Å². The lowest BCUT2D eigenvalue weighted by Gasteiger charge is -2.28. The Bertz CT molecular complexity index is 1310. The predicted octanol–water partition coefficient (Wildman–Crippen LogP) is 6.99. The molecule has 3 heterocycles. The number of nitrogens with one attached hydrogen (secondary N) is 1. The van der Waals surface area contributed by atoms with Crippen molar-refractivity contribution in [3.63, 3.8) is 0 Å². The van der Waals surface area contributed by atoms with Crippen LogP contribution in [0, 0.1) is 13.8 Å². The normalized spacial score (nSPS) is 17.8. The summed E-state index contributed by atoms with van der Waals surface area (Å²) < 4.78 is 3.39. The molecule has 2 atom stereocenters. The van der Waals surface area contributed by atoms with Crippen LogP contribution in [-0.4, -0.2) is 14.7 Å². The van der Waals surface area contributed by atoms with E-state index in [1.54, 1.807) is 0 Å². The molecule has 1 N–H and O–H groups in total. The number of rotatable bonds is 5. The fraction of sp³-hybridized carbons (Fsp3) is 0.214. The molecule has 0 spiro atoms. The SMILES string of the molecule is CCc1ccc(N2C(=S)N[C@@H](c3ccccn3)[C@H]2c2cc(C)n(-c3ccc(Br)cc3)c2C)cc1. The number of halogens is 1. The van der Waals surface area contributed by atoms with Crippen molar-refractivity contribution in [2.24, 2.45) is 0 Å². The van der Waals surface area contributed by atoms with Crippen molar-refractivity contribution in [2.45, 2.75) is 39.3 Å². The highest BCUT2D eigenvalue weighted by Crippen LogP contribution is 2.43. The van der Waals surface area contributed by atoms with E-state index in [-0.39, 0.29) is 12.1 Å². The Morgan fingerprint density at radius 2 is 1.68 bits per heavy atom. The Balaban J connectivity index is 1.66. The zero-order valence-corrected chi connectivity index (χ0v) is 21.9. The molecule has 0 aliphatic carbocycles. The summed E-state index contributed by atoms with van der Waals surface area (Å²) in [6, 6.07) is 25.4. The van der Waals surface area contributed by atoms with E-state index in [1.807, 2.05) is 18.3 Å². The molecular formula is C28H27BrN4S. The van der Waals surface area contributed by atoms with Gasteiger partial charge in [-0.1, -0.05) is 41.1 Å². The summed E-state index contributed by atoms with van der Waals surface area (Å²) in [5, 5.41) is 4.30. The van der Waals surface area contributed by atoms with Gasteiger partial charge in [0.2, 0.25) is 0 Å². The van der Waals surface area contributed by atoms with Gasteiger partial charge in [-0.25, -0.2) is 0 Å². The van der Waals surface area contributed by atoms with E-state index in [0.29, 0.717) is 0 Å². The second-order valence-corrected chi connectivity index (χ2v) is 9.96. The first-order valence-electron chi connectivity index (χ1n) is 11.5. The summed E-state index contributed by atoms with van der Waals surface area (Å²) >= 11 is 9.46. The third-order valence-electron chi connectivity index (χ3n) is 6.59. The first-order valence-corrected chi connectivity index (χ1v) is 12.7. The van der Waals surface area contributed by atoms with Gasteiger partial charge >= 0.3 is 0 Å². The number of thiocarbonyl (C=S) groups is 1. The summed E-state index contributed by atoms with van der Waals surface area (Å²) in [5.74, 6) is 0. The smallest absolute Gasteiger partial charge is 0.174 e. The maximum atomic E-state index is 5.90. The van der Waals surface area contributed by atoms with Gasteiger partial charge in [0.1, 0.15) is 0 Å². The molecule has 2 aromatic carbocycles. The molecule has 1 fully saturated rings. The standard InChI is InChI=1S/C28H27BrN4S/c1-4-20-8-12-23(13-9-20)33-27(26(31-28(33)34)25-7-5-6-16-30-25)24-17-18(2)32(19(24)3)22-14-10-21(29)11-15-22/h5-17,26-27H,4H2,1-3H3,(H,31,34)/t26-,27+/m0/s1. The summed E-state index contributed by atoms with van der Waals surface area (Å²) in [4.78, 5) is 6.94. The summed E-state index contributed by atoms with van der Waals surface area (Å²) in [7, 11) is 0. The molecule has 0 bridgehead atoms. The highest BCUT2D eigenvalue weighted by Gasteiger charge is 2.42. The molecule has 6 heteroatoms. The van der Waals surface area contributed by atoms with Crippen LogP contribution in [0.4, 0.5) is 5.69 Å². The number of pyridine rings is 1. The Hall–Kier alpha value is -2.96. The maximum Gasteiger partial charge on any atom is 0.174 e. The van der Waals surface area contributed by atoms with Crippen molar-refractivity contribution in [3.05, 3.63) is 112 Å². The second-order valence-electron chi connectivity index (χ2n) is 8.65. The van der Waals surface area contributed by atoms with Crippen molar-refractivity contribution in [1.82, 2.24) is 14.9 Å². The zero-order valence-electron chi connectivity index (χ0n) is 19.5. The van der Waals surface area contributed by atoms with E-state index in [0.717, 1.165) is 33.1 Å². The first-order chi connectivity index (χ1) is 16.5. The molecule has 1 aliphatic rings. The van der Waals surface area contributed by atoms with E-state index >= 15 is 0 Å². The van der Waals surface area contributed by atoms with Gasteiger partial charge in [-0.05, 0) is 98.2 Å². The van der Waals surface area contributed by atoms with Crippen LogP contribution in [0.2, 0.25) is 0 Å². The molecule has 172 valence electrons. The van der Waals surface area contributed by atoms with Crippen LogP contribution in [0.25, 0.3) is 5.69 Å². The summed E-state index contributed by atoms with van der Waals surface area (Å²) in [6.07, 6.45) is 2.86. The van der Waals surface area contributed by atoms with Gasteiger partial charge in [-0.3, -0.25) is 4.98 Å². The van der Waals surface area contributed by atoms with E-state index in [1.165, 1.54) is 22.5 Å². The van der Waals surface area contributed by atoms with E-state index < -0.39 is 0 Å². The lowest BCUT2D eigenvalue weighted by molar-refractivity contribution is 0.565. The molecule has 34 heavy (non-hydrogen) atoms. The number of anilines is 1. The maximum absolute atomic E-state index is 5.90. The Morgan fingerprint density at radius 3 is 2.32 bits per heavy atom. The van der Waals surface area contributed by atoms with Gasteiger partial charge in [-0.2, -0.15) is 0 Å². The van der Waals surface area contributed by atoms with Gasteiger partial charge in [-0.15, -0.1) is 0 Å². The van der Waals surface area contributed by atoms with E-state index in [9.17, 15) is 0 Å². The van der Waals surface area contributed by atoms with Gasteiger partial charge in [0.15, 0.2) is 5.11 Å². The minimum absolute atomic E-state index is 0.0229. The summed E-state index contributed by atoms with van der Waals surface area (Å²) in [6.45, 7) is 6.53. The molecule has 0 amide bonds. The lowest BCUT2D eigenvalue weighted by atomic mass is 9.96. The molecule has 2 aromatic heterocycles. The Morgan fingerprint density at radius 1 is 0.971 bits per heavy atom. The second kappa shape index (κ2) is 9.35. The largest absolute Gasteiger partial charge is 0.351 e. The van der Waals surface area contributed by atoms with Crippen molar-refractivity contribution in [1.29, 1.82) is 0 Å². The average molecular weight is 532 g/mol. The minimum Gasteiger partial charge on any atom is -0.351 e. The van der Waals surface area contributed by atoms with Crippen molar-refractivity contribution in [2.75, 3.05) is 4.90 Å². The van der Waals surface area contributed by atoms with Gasteiger partial charge in [0, 0.05) is 33.4 Å². The van der Waals surface area contributed by atoms with E-state index in [4.69, 9.17) is 17.2 Å². The average Bonchev–Trinajstić information content (AvgIpc) is 3.35. The summed E-state index contributed by atoms with van der Waals surface area (Å²) in [5.41, 5.74) is 8.16. The Labute approximate surface area is 214 Å². The molecule has 4 aromatic rings. The molecular weight excluding hydrogens is 504 g/mol. The van der Waals surface area contributed by atoms with Gasteiger partial charge < -0.3 is 14.8 Å². The molecule has 4 nitrogen and oxygen atoms in total. The van der Waals surface area contributed by atoms with Crippen LogP contribution in [0.1, 0.15) is 47.2 Å². The topological polar surface area (TPSA) is 33.1 Å². The Kier molecular flexibility index (Phi) is 6.28. The fourth-order valence-corrected chi connectivity index (χ4v) is 5.53. The molecule has 1 saturated heterocycles. The number of aromatic nitrogens is 2.